The Labute approximate surface area is 123 Å². The molecule has 4 nitrogen and oxygen atoms in total. The zero-order valence-electron chi connectivity index (χ0n) is 11.2. The Hall–Kier alpha value is -0.430. The molecule has 0 fully saturated rings. The fraction of sp³-hybridized carbons (Fsp3) is 0.538. The van der Waals surface area contributed by atoms with E-state index in [1.807, 2.05) is 13.8 Å². The minimum atomic E-state index is -3.47. The molecule has 0 aliphatic heterocycles. The van der Waals surface area contributed by atoms with Crippen molar-refractivity contribution < 1.29 is 13.5 Å². The summed E-state index contributed by atoms with van der Waals surface area (Å²) in [5.74, 6) is 0. The maximum absolute atomic E-state index is 12.1. The molecule has 0 amide bonds. The summed E-state index contributed by atoms with van der Waals surface area (Å²) in [6.07, 6.45) is 1.44. The molecule has 0 aliphatic rings. The second-order valence-electron chi connectivity index (χ2n) is 5.27. The lowest BCUT2D eigenvalue weighted by Crippen LogP contribution is -2.34. The standard InChI is InChI=1S/C13H20BrNO3S/c1-13(2,8-3-9-16)10-15-19(17,18)12-6-4-11(14)5-7-12/h4-7,15-16H,3,8-10H2,1-2H3. The summed E-state index contributed by atoms with van der Waals surface area (Å²) >= 11 is 3.27. The van der Waals surface area contributed by atoms with E-state index in [0.29, 0.717) is 13.0 Å². The highest BCUT2D eigenvalue weighted by atomic mass is 79.9. The van der Waals surface area contributed by atoms with Crippen molar-refractivity contribution in [1.29, 1.82) is 0 Å². The monoisotopic (exact) mass is 349 g/mol. The number of aliphatic hydroxyl groups excluding tert-OH is 1. The van der Waals surface area contributed by atoms with Gasteiger partial charge in [0.1, 0.15) is 0 Å². The zero-order valence-corrected chi connectivity index (χ0v) is 13.6. The molecule has 108 valence electrons. The third-order valence-corrected chi connectivity index (χ3v) is 4.82. The fourth-order valence-electron chi connectivity index (χ4n) is 1.63. The Balaban J connectivity index is 2.68. The zero-order chi connectivity index (χ0) is 14.5. The fourth-order valence-corrected chi connectivity index (χ4v) is 3.14. The molecule has 0 atom stereocenters. The normalized spacial score (nSPS) is 12.6. The molecule has 6 heteroatoms. The number of rotatable bonds is 7. The number of hydrogen-bond acceptors (Lipinski definition) is 3. The predicted molar refractivity (Wildman–Crippen MR) is 79.4 cm³/mol. The Bertz CT molecular complexity index is 497. The molecule has 19 heavy (non-hydrogen) atoms. The second kappa shape index (κ2) is 6.83. The van der Waals surface area contributed by atoms with Gasteiger partial charge in [0.15, 0.2) is 0 Å². The molecule has 1 aromatic carbocycles. The van der Waals surface area contributed by atoms with Crippen molar-refractivity contribution >= 4 is 26.0 Å². The van der Waals surface area contributed by atoms with Crippen LogP contribution in [0.2, 0.25) is 0 Å². The molecule has 0 unspecified atom stereocenters. The van der Waals surface area contributed by atoms with Crippen LogP contribution in [0.25, 0.3) is 0 Å². The molecular weight excluding hydrogens is 330 g/mol. The molecule has 0 aliphatic carbocycles. The van der Waals surface area contributed by atoms with E-state index in [9.17, 15) is 8.42 Å². The topological polar surface area (TPSA) is 66.4 Å². The second-order valence-corrected chi connectivity index (χ2v) is 7.95. The van der Waals surface area contributed by atoms with E-state index in [4.69, 9.17) is 5.11 Å². The van der Waals surface area contributed by atoms with E-state index in [1.165, 1.54) is 0 Å². The van der Waals surface area contributed by atoms with E-state index in [-0.39, 0.29) is 16.9 Å². The van der Waals surface area contributed by atoms with Crippen LogP contribution in [0.15, 0.2) is 33.6 Å². The summed E-state index contributed by atoms with van der Waals surface area (Å²) in [5.41, 5.74) is -0.175. The van der Waals surface area contributed by atoms with Crippen molar-refractivity contribution in [3.63, 3.8) is 0 Å². The van der Waals surface area contributed by atoms with Crippen LogP contribution in [0.4, 0.5) is 0 Å². The summed E-state index contributed by atoms with van der Waals surface area (Å²) in [5, 5.41) is 8.82. The summed E-state index contributed by atoms with van der Waals surface area (Å²) in [6.45, 7) is 4.44. The van der Waals surface area contributed by atoms with Gasteiger partial charge < -0.3 is 5.11 Å². The first-order valence-electron chi connectivity index (χ1n) is 6.13. The van der Waals surface area contributed by atoms with Crippen LogP contribution in [-0.2, 0) is 10.0 Å². The van der Waals surface area contributed by atoms with Crippen molar-refractivity contribution in [2.45, 2.75) is 31.6 Å². The quantitative estimate of drug-likeness (QED) is 0.794. The van der Waals surface area contributed by atoms with E-state index in [1.54, 1.807) is 24.3 Å². The number of nitrogens with one attached hydrogen (secondary N) is 1. The summed E-state index contributed by atoms with van der Waals surface area (Å²) < 4.78 is 27.6. The number of aliphatic hydroxyl groups is 1. The van der Waals surface area contributed by atoms with E-state index in [0.717, 1.165) is 10.9 Å². The number of halogens is 1. The van der Waals surface area contributed by atoms with Gasteiger partial charge in [-0.05, 0) is 42.5 Å². The SMILES string of the molecule is CC(C)(CCCO)CNS(=O)(=O)c1ccc(Br)cc1. The first kappa shape index (κ1) is 16.6. The Morgan fingerprint density at radius 3 is 2.37 bits per heavy atom. The lowest BCUT2D eigenvalue weighted by atomic mass is 9.88. The van der Waals surface area contributed by atoms with Gasteiger partial charge in [-0.3, -0.25) is 0 Å². The number of hydrogen-bond donors (Lipinski definition) is 2. The van der Waals surface area contributed by atoms with Gasteiger partial charge in [0, 0.05) is 17.6 Å². The summed E-state index contributed by atoms with van der Waals surface area (Å²) in [4.78, 5) is 0.258. The molecule has 0 bridgehead atoms. The molecule has 0 aromatic heterocycles. The maximum atomic E-state index is 12.1. The maximum Gasteiger partial charge on any atom is 0.240 e. The Morgan fingerprint density at radius 2 is 1.84 bits per heavy atom. The van der Waals surface area contributed by atoms with Gasteiger partial charge in [0.2, 0.25) is 10.0 Å². The van der Waals surface area contributed by atoms with Gasteiger partial charge in [-0.15, -0.1) is 0 Å². The van der Waals surface area contributed by atoms with Gasteiger partial charge >= 0.3 is 0 Å². The van der Waals surface area contributed by atoms with Gasteiger partial charge in [-0.1, -0.05) is 29.8 Å². The lowest BCUT2D eigenvalue weighted by Gasteiger charge is -2.24. The van der Waals surface area contributed by atoms with Crippen LogP contribution >= 0.6 is 15.9 Å². The van der Waals surface area contributed by atoms with Crippen molar-refractivity contribution in [2.24, 2.45) is 5.41 Å². The molecule has 1 aromatic rings. The van der Waals surface area contributed by atoms with Crippen molar-refractivity contribution in [2.75, 3.05) is 13.2 Å². The largest absolute Gasteiger partial charge is 0.396 e. The van der Waals surface area contributed by atoms with Crippen LogP contribution in [-0.4, -0.2) is 26.7 Å². The number of sulfonamides is 1. The van der Waals surface area contributed by atoms with E-state index in [2.05, 4.69) is 20.7 Å². The minimum absolute atomic E-state index is 0.128. The van der Waals surface area contributed by atoms with E-state index < -0.39 is 10.0 Å². The van der Waals surface area contributed by atoms with Crippen molar-refractivity contribution in [1.82, 2.24) is 4.72 Å². The highest BCUT2D eigenvalue weighted by molar-refractivity contribution is 9.10. The molecule has 2 N–H and O–H groups in total. The Kier molecular flexibility index (Phi) is 5.98. The molecule has 0 heterocycles. The first-order valence-corrected chi connectivity index (χ1v) is 8.40. The first-order chi connectivity index (χ1) is 8.77. The van der Waals surface area contributed by atoms with Gasteiger partial charge in [-0.2, -0.15) is 0 Å². The highest BCUT2D eigenvalue weighted by Gasteiger charge is 2.21. The smallest absolute Gasteiger partial charge is 0.240 e. The average Bonchev–Trinajstić information content (AvgIpc) is 2.35. The van der Waals surface area contributed by atoms with Gasteiger partial charge in [0.25, 0.3) is 0 Å². The average molecular weight is 350 g/mol. The van der Waals surface area contributed by atoms with Crippen LogP contribution in [0, 0.1) is 5.41 Å². The Morgan fingerprint density at radius 1 is 1.26 bits per heavy atom. The van der Waals surface area contributed by atoms with Gasteiger partial charge in [0.05, 0.1) is 4.90 Å². The van der Waals surface area contributed by atoms with Crippen molar-refractivity contribution in [3.8, 4) is 0 Å². The minimum Gasteiger partial charge on any atom is -0.396 e. The molecule has 0 radical (unpaired) electrons. The van der Waals surface area contributed by atoms with Crippen LogP contribution < -0.4 is 4.72 Å². The predicted octanol–water partition coefficient (Wildman–Crippen LogP) is 2.53. The van der Waals surface area contributed by atoms with Gasteiger partial charge in [-0.25, -0.2) is 13.1 Å². The lowest BCUT2D eigenvalue weighted by molar-refractivity contribution is 0.242. The highest BCUT2D eigenvalue weighted by Crippen LogP contribution is 2.22. The third kappa shape index (κ3) is 5.60. The van der Waals surface area contributed by atoms with Crippen molar-refractivity contribution in [3.05, 3.63) is 28.7 Å². The molecular formula is C13H20BrNO3S. The number of benzene rings is 1. The summed E-state index contributed by atoms with van der Waals surface area (Å²) in [6, 6.07) is 6.53. The molecule has 0 saturated heterocycles. The molecule has 0 saturated carbocycles. The van der Waals surface area contributed by atoms with Crippen LogP contribution in [0.3, 0.4) is 0 Å². The van der Waals surface area contributed by atoms with E-state index >= 15 is 0 Å². The van der Waals surface area contributed by atoms with Crippen LogP contribution in [0.5, 0.6) is 0 Å². The summed E-state index contributed by atoms with van der Waals surface area (Å²) in [7, 11) is -3.47. The van der Waals surface area contributed by atoms with Crippen LogP contribution in [0.1, 0.15) is 26.7 Å². The molecule has 1 rings (SSSR count). The third-order valence-electron chi connectivity index (χ3n) is 2.88. The molecule has 0 spiro atoms.